The van der Waals surface area contributed by atoms with Crippen molar-refractivity contribution in [2.75, 3.05) is 11.1 Å². The lowest BCUT2D eigenvalue weighted by Gasteiger charge is -2.12. The molecule has 3 N–H and O–H groups in total. The van der Waals surface area contributed by atoms with Gasteiger partial charge < -0.3 is 11.1 Å². The molecule has 0 fully saturated rings. The summed E-state index contributed by atoms with van der Waals surface area (Å²) < 4.78 is 0. The summed E-state index contributed by atoms with van der Waals surface area (Å²) in [7, 11) is 0. The summed E-state index contributed by atoms with van der Waals surface area (Å²) >= 11 is 5.92. The van der Waals surface area contributed by atoms with Gasteiger partial charge in [0, 0.05) is 10.7 Å². The van der Waals surface area contributed by atoms with Gasteiger partial charge in [0.05, 0.1) is 11.4 Å². The summed E-state index contributed by atoms with van der Waals surface area (Å²) in [4.78, 5) is 0. The first-order chi connectivity index (χ1) is 8.06. The molecule has 0 heterocycles. The number of nitrogens with two attached hydrogens (primary N) is 1. The van der Waals surface area contributed by atoms with Gasteiger partial charge in [-0.05, 0) is 55.3 Å². The number of anilines is 3. The second kappa shape index (κ2) is 4.68. The van der Waals surface area contributed by atoms with E-state index < -0.39 is 0 Å². The molecule has 2 aromatic rings. The molecule has 17 heavy (non-hydrogen) atoms. The number of rotatable bonds is 2. The lowest BCUT2D eigenvalue weighted by atomic mass is 10.1. The summed E-state index contributed by atoms with van der Waals surface area (Å²) in [5.74, 6) is 0. The minimum Gasteiger partial charge on any atom is -0.397 e. The molecule has 0 spiro atoms. The van der Waals surface area contributed by atoms with Crippen LogP contribution in [0.4, 0.5) is 17.1 Å². The molecular formula is C14H15ClN2. The topological polar surface area (TPSA) is 38.0 Å². The number of nitrogens with one attached hydrogen (secondary N) is 1. The SMILES string of the molecule is Cc1ccc(Nc2ccc(Cl)cc2C)c(N)c1. The Morgan fingerprint density at radius 2 is 1.71 bits per heavy atom. The van der Waals surface area contributed by atoms with Gasteiger partial charge in [0.15, 0.2) is 0 Å². The van der Waals surface area contributed by atoms with Crippen LogP contribution < -0.4 is 11.1 Å². The summed E-state index contributed by atoms with van der Waals surface area (Å²) in [6, 6.07) is 11.7. The van der Waals surface area contributed by atoms with Crippen LogP contribution in [0.1, 0.15) is 11.1 Å². The molecule has 0 aliphatic carbocycles. The van der Waals surface area contributed by atoms with Crippen LogP contribution in [0, 0.1) is 13.8 Å². The Kier molecular flexibility index (Phi) is 3.25. The maximum absolute atomic E-state index is 5.96. The maximum Gasteiger partial charge on any atom is 0.0618 e. The molecule has 88 valence electrons. The van der Waals surface area contributed by atoms with Gasteiger partial charge in [-0.2, -0.15) is 0 Å². The third-order valence-electron chi connectivity index (χ3n) is 2.66. The quantitative estimate of drug-likeness (QED) is 0.776. The summed E-state index contributed by atoms with van der Waals surface area (Å²) in [5, 5.41) is 4.05. The lowest BCUT2D eigenvalue weighted by molar-refractivity contribution is 1.41. The maximum atomic E-state index is 5.96. The average Bonchev–Trinajstić information content (AvgIpc) is 2.25. The molecule has 0 atom stereocenters. The van der Waals surface area contributed by atoms with Crippen molar-refractivity contribution in [2.45, 2.75) is 13.8 Å². The highest BCUT2D eigenvalue weighted by Gasteiger charge is 2.02. The predicted octanol–water partition coefficient (Wildman–Crippen LogP) is 4.28. The van der Waals surface area contributed by atoms with E-state index in [0.717, 1.165) is 33.2 Å². The van der Waals surface area contributed by atoms with Gasteiger partial charge in [0.25, 0.3) is 0 Å². The lowest BCUT2D eigenvalue weighted by Crippen LogP contribution is -1.98. The average molecular weight is 247 g/mol. The van der Waals surface area contributed by atoms with Crippen LogP contribution in [0.25, 0.3) is 0 Å². The fourth-order valence-corrected chi connectivity index (χ4v) is 1.94. The van der Waals surface area contributed by atoms with E-state index in [-0.39, 0.29) is 0 Å². The van der Waals surface area contributed by atoms with Gasteiger partial charge in [-0.3, -0.25) is 0 Å². The molecular weight excluding hydrogens is 232 g/mol. The Labute approximate surface area is 106 Å². The van der Waals surface area contributed by atoms with E-state index in [4.69, 9.17) is 17.3 Å². The summed E-state index contributed by atoms with van der Waals surface area (Å²) in [6.07, 6.45) is 0. The molecule has 2 nitrogen and oxygen atoms in total. The number of hydrogen-bond acceptors (Lipinski definition) is 2. The van der Waals surface area contributed by atoms with Gasteiger partial charge in [-0.1, -0.05) is 17.7 Å². The molecule has 0 aliphatic rings. The molecule has 0 saturated carbocycles. The Balaban J connectivity index is 2.31. The Morgan fingerprint density at radius 3 is 2.35 bits per heavy atom. The van der Waals surface area contributed by atoms with Gasteiger partial charge in [0.1, 0.15) is 0 Å². The van der Waals surface area contributed by atoms with Crippen LogP contribution in [0.15, 0.2) is 36.4 Å². The smallest absolute Gasteiger partial charge is 0.0618 e. The van der Waals surface area contributed by atoms with Crippen LogP contribution in [0.5, 0.6) is 0 Å². The standard InChI is InChI=1S/C14H15ClN2/c1-9-3-5-14(12(16)7-9)17-13-6-4-11(15)8-10(13)2/h3-8,17H,16H2,1-2H3. The minimum absolute atomic E-state index is 0.741. The number of aryl methyl sites for hydroxylation is 2. The zero-order valence-corrected chi connectivity index (χ0v) is 10.7. The van der Waals surface area contributed by atoms with Crippen molar-refractivity contribution < 1.29 is 0 Å². The summed E-state index contributed by atoms with van der Waals surface area (Å²) in [5.41, 5.74) is 10.9. The number of benzene rings is 2. The van der Waals surface area contributed by atoms with Gasteiger partial charge in [-0.15, -0.1) is 0 Å². The van der Waals surface area contributed by atoms with Crippen LogP contribution in [-0.4, -0.2) is 0 Å². The van der Waals surface area contributed by atoms with Crippen molar-refractivity contribution in [3.8, 4) is 0 Å². The van der Waals surface area contributed by atoms with Crippen molar-refractivity contribution >= 4 is 28.7 Å². The normalized spacial score (nSPS) is 10.3. The van der Waals surface area contributed by atoms with Crippen molar-refractivity contribution in [1.29, 1.82) is 0 Å². The van der Waals surface area contributed by atoms with Crippen LogP contribution in [0.3, 0.4) is 0 Å². The monoisotopic (exact) mass is 246 g/mol. The molecule has 2 aromatic carbocycles. The van der Waals surface area contributed by atoms with Crippen LogP contribution in [-0.2, 0) is 0 Å². The zero-order chi connectivity index (χ0) is 12.4. The van der Waals surface area contributed by atoms with Gasteiger partial charge in [0.2, 0.25) is 0 Å². The Bertz CT molecular complexity index is 500. The number of halogens is 1. The molecule has 0 aliphatic heterocycles. The largest absolute Gasteiger partial charge is 0.397 e. The van der Waals surface area contributed by atoms with Crippen molar-refractivity contribution in [2.24, 2.45) is 0 Å². The Hall–Kier alpha value is -1.67. The second-order valence-corrected chi connectivity index (χ2v) is 4.61. The second-order valence-electron chi connectivity index (χ2n) is 4.17. The molecule has 2 rings (SSSR count). The van der Waals surface area contributed by atoms with E-state index in [1.54, 1.807) is 0 Å². The Morgan fingerprint density at radius 1 is 1.00 bits per heavy atom. The van der Waals surface area contributed by atoms with Gasteiger partial charge in [-0.25, -0.2) is 0 Å². The molecule has 0 unspecified atom stereocenters. The summed E-state index contributed by atoms with van der Waals surface area (Å²) in [6.45, 7) is 4.03. The van der Waals surface area contributed by atoms with E-state index in [9.17, 15) is 0 Å². The molecule has 0 aromatic heterocycles. The molecule has 0 bridgehead atoms. The molecule has 3 heteroatoms. The highest BCUT2D eigenvalue weighted by atomic mass is 35.5. The first kappa shape index (κ1) is 11.8. The molecule has 0 saturated heterocycles. The third-order valence-corrected chi connectivity index (χ3v) is 2.90. The predicted molar refractivity (Wildman–Crippen MR) is 75.1 cm³/mol. The fourth-order valence-electron chi connectivity index (χ4n) is 1.71. The molecule has 0 amide bonds. The van der Waals surface area contributed by atoms with E-state index in [1.807, 2.05) is 50.2 Å². The number of hydrogen-bond donors (Lipinski definition) is 2. The van der Waals surface area contributed by atoms with E-state index in [0.29, 0.717) is 0 Å². The minimum atomic E-state index is 0.741. The van der Waals surface area contributed by atoms with Gasteiger partial charge >= 0.3 is 0 Å². The highest BCUT2D eigenvalue weighted by Crippen LogP contribution is 2.27. The van der Waals surface area contributed by atoms with Crippen molar-refractivity contribution in [3.05, 3.63) is 52.5 Å². The van der Waals surface area contributed by atoms with Crippen LogP contribution >= 0.6 is 11.6 Å². The third kappa shape index (κ3) is 2.71. The van der Waals surface area contributed by atoms with E-state index >= 15 is 0 Å². The number of nitrogen functional groups attached to an aromatic ring is 1. The van der Waals surface area contributed by atoms with Crippen LogP contribution in [0.2, 0.25) is 5.02 Å². The van der Waals surface area contributed by atoms with E-state index in [1.165, 1.54) is 0 Å². The van der Waals surface area contributed by atoms with E-state index in [2.05, 4.69) is 5.32 Å². The first-order valence-electron chi connectivity index (χ1n) is 5.45. The first-order valence-corrected chi connectivity index (χ1v) is 5.83. The van der Waals surface area contributed by atoms with Crippen molar-refractivity contribution in [3.63, 3.8) is 0 Å². The highest BCUT2D eigenvalue weighted by molar-refractivity contribution is 6.30. The zero-order valence-electron chi connectivity index (χ0n) is 9.92. The molecule has 0 radical (unpaired) electrons. The van der Waals surface area contributed by atoms with Crippen molar-refractivity contribution in [1.82, 2.24) is 0 Å². The fraction of sp³-hybridized carbons (Fsp3) is 0.143.